The van der Waals surface area contributed by atoms with Gasteiger partial charge in [-0.05, 0) is 47.8 Å². The molecule has 0 amide bonds. The summed E-state index contributed by atoms with van der Waals surface area (Å²) in [6, 6.07) is 8.80. The summed E-state index contributed by atoms with van der Waals surface area (Å²) in [4.78, 5) is 0. The van der Waals surface area contributed by atoms with Gasteiger partial charge in [-0.15, -0.1) is 0 Å². The zero-order valence-electron chi connectivity index (χ0n) is 8.98. The second-order valence-electron chi connectivity index (χ2n) is 4.10. The average Bonchev–Trinajstić information content (AvgIpc) is 2.32. The van der Waals surface area contributed by atoms with Gasteiger partial charge in [0.2, 0.25) is 0 Å². The highest BCUT2D eigenvalue weighted by Gasteiger charge is 2.15. The molecule has 0 atom stereocenters. The molecule has 2 heteroatoms. The van der Waals surface area contributed by atoms with Crippen molar-refractivity contribution in [2.45, 2.75) is 25.2 Å². The minimum Gasteiger partial charge on any atom is -0.396 e. The van der Waals surface area contributed by atoms with Crippen molar-refractivity contribution in [2.75, 3.05) is 18.1 Å². The summed E-state index contributed by atoms with van der Waals surface area (Å²) >= 11 is 2.07. The van der Waals surface area contributed by atoms with Crippen molar-refractivity contribution >= 4 is 11.8 Å². The van der Waals surface area contributed by atoms with E-state index < -0.39 is 0 Å². The van der Waals surface area contributed by atoms with Crippen molar-refractivity contribution in [3.05, 3.63) is 35.4 Å². The Morgan fingerprint density at radius 2 is 1.80 bits per heavy atom. The first-order chi connectivity index (χ1) is 7.40. The molecule has 1 aliphatic rings. The Hall–Kier alpha value is -0.470. The van der Waals surface area contributed by atoms with Gasteiger partial charge in [-0.1, -0.05) is 24.3 Å². The van der Waals surface area contributed by atoms with Gasteiger partial charge in [-0.25, -0.2) is 0 Å². The fourth-order valence-electron chi connectivity index (χ4n) is 2.12. The summed E-state index contributed by atoms with van der Waals surface area (Å²) in [7, 11) is 0. The van der Waals surface area contributed by atoms with Gasteiger partial charge in [0.25, 0.3) is 0 Å². The largest absolute Gasteiger partial charge is 0.396 e. The SMILES string of the molecule is OCCc1ccc(C2CCSCC2)cc1. The topological polar surface area (TPSA) is 20.2 Å². The molecular formula is C13H18OS. The van der Waals surface area contributed by atoms with Gasteiger partial charge >= 0.3 is 0 Å². The van der Waals surface area contributed by atoms with Crippen molar-refractivity contribution in [2.24, 2.45) is 0 Å². The first-order valence-electron chi connectivity index (χ1n) is 5.67. The Morgan fingerprint density at radius 1 is 1.13 bits per heavy atom. The molecule has 0 aromatic heterocycles. The van der Waals surface area contributed by atoms with Crippen LogP contribution in [0, 0.1) is 0 Å². The lowest BCUT2D eigenvalue weighted by Gasteiger charge is -2.21. The van der Waals surface area contributed by atoms with Gasteiger partial charge in [0.05, 0.1) is 0 Å². The molecule has 0 aliphatic carbocycles. The molecule has 2 rings (SSSR count). The van der Waals surface area contributed by atoms with Gasteiger partial charge in [0.15, 0.2) is 0 Å². The second kappa shape index (κ2) is 5.57. The minimum atomic E-state index is 0.249. The third kappa shape index (κ3) is 2.99. The van der Waals surface area contributed by atoms with E-state index in [1.165, 1.54) is 35.5 Å². The first kappa shape index (κ1) is 11.0. The van der Waals surface area contributed by atoms with Gasteiger partial charge < -0.3 is 5.11 Å². The van der Waals surface area contributed by atoms with Crippen LogP contribution in [0.1, 0.15) is 29.9 Å². The van der Waals surface area contributed by atoms with E-state index in [1.807, 2.05) is 0 Å². The smallest absolute Gasteiger partial charge is 0.0471 e. The van der Waals surface area contributed by atoms with Crippen LogP contribution in [0.2, 0.25) is 0 Å². The fraction of sp³-hybridized carbons (Fsp3) is 0.538. The van der Waals surface area contributed by atoms with E-state index in [0.29, 0.717) is 0 Å². The maximum Gasteiger partial charge on any atom is 0.0471 e. The molecule has 0 spiro atoms. The Bertz CT molecular complexity index is 288. The minimum absolute atomic E-state index is 0.249. The highest BCUT2D eigenvalue weighted by atomic mass is 32.2. The standard InChI is InChI=1S/C13H18OS/c14-8-5-11-1-3-12(4-2-11)13-6-9-15-10-7-13/h1-4,13-14H,5-10H2. The van der Waals surface area contributed by atoms with E-state index in [1.54, 1.807) is 0 Å². The van der Waals surface area contributed by atoms with E-state index in [4.69, 9.17) is 5.11 Å². The van der Waals surface area contributed by atoms with Crippen molar-refractivity contribution < 1.29 is 5.11 Å². The molecule has 1 aromatic rings. The molecule has 15 heavy (non-hydrogen) atoms. The summed E-state index contributed by atoms with van der Waals surface area (Å²) in [6.07, 6.45) is 3.43. The summed E-state index contributed by atoms with van der Waals surface area (Å²) in [6.45, 7) is 0.249. The number of thioether (sulfide) groups is 1. The monoisotopic (exact) mass is 222 g/mol. The van der Waals surface area contributed by atoms with Gasteiger partial charge in [0.1, 0.15) is 0 Å². The molecule has 0 saturated carbocycles. The molecule has 0 bridgehead atoms. The molecule has 1 N–H and O–H groups in total. The van der Waals surface area contributed by atoms with Crippen LogP contribution in [0.15, 0.2) is 24.3 Å². The normalized spacial score (nSPS) is 17.9. The first-order valence-corrected chi connectivity index (χ1v) is 6.83. The van der Waals surface area contributed by atoms with Crippen LogP contribution in [0.5, 0.6) is 0 Å². The molecule has 1 heterocycles. The third-order valence-electron chi connectivity index (χ3n) is 3.07. The van der Waals surface area contributed by atoms with Gasteiger partial charge in [-0.2, -0.15) is 11.8 Å². The predicted molar refractivity (Wildman–Crippen MR) is 66.5 cm³/mol. The van der Waals surface area contributed by atoms with Crippen molar-refractivity contribution in [1.82, 2.24) is 0 Å². The number of hydrogen-bond donors (Lipinski definition) is 1. The number of benzene rings is 1. The van der Waals surface area contributed by atoms with Gasteiger partial charge in [0, 0.05) is 6.61 Å². The maximum absolute atomic E-state index is 8.83. The van der Waals surface area contributed by atoms with Crippen molar-refractivity contribution in [1.29, 1.82) is 0 Å². The van der Waals surface area contributed by atoms with Crippen LogP contribution in [-0.4, -0.2) is 23.2 Å². The molecule has 1 fully saturated rings. The number of aliphatic hydroxyl groups is 1. The van der Waals surface area contributed by atoms with E-state index in [2.05, 4.69) is 36.0 Å². The lowest BCUT2D eigenvalue weighted by molar-refractivity contribution is 0.299. The second-order valence-corrected chi connectivity index (χ2v) is 5.33. The molecule has 1 aromatic carbocycles. The van der Waals surface area contributed by atoms with Crippen LogP contribution in [0.4, 0.5) is 0 Å². The highest BCUT2D eigenvalue weighted by molar-refractivity contribution is 7.99. The highest BCUT2D eigenvalue weighted by Crippen LogP contribution is 2.31. The van der Waals surface area contributed by atoms with Crippen LogP contribution >= 0.6 is 11.8 Å². The molecule has 1 aliphatic heterocycles. The molecule has 82 valence electrons. The van der Waals surface area contributed by atoms with E-state index in [0.717, 1.165) is 12.3 Å². The Kier molecular flexibility index (Phi) is 4.09. The van der Waals surface area contributed by atoms with Crippen LogP contribution in [0.25, 0.3) is 0 Å². The van der Waals surface area contributed by atoms with Crippen LogP contribution in [-0.2, 0) is 6.42 Å². The van der Waals surface area contributed by atoms with Crippen LogP contribution in [0.3, 0.4) is 0 Å². The zero-order chi connectivity index (χ0) is 10.5. The summed E-state index contributed by atoms with van der Waals surface area (Å²) in [5.41, 5.74) is 2.73. The fourth-order valence-corrected chi connectivity index (χ4v) is 3.22. The molecule has 1 nitrogen and oxygen atoms in total. The van der Waals surface area contributed by atoms with E-state index in [9.17, 15) is 0 Å². The number of rotatable bonds is 3. The van der Waals surface area contributed by atoms with Crippen molar-refractivity contribution in [3.63, 3.8) is 0 Å². The van der Waals surface area contributed by atoms with E-state index >= 15 is 0 Å². The summed E-state index contributed by atoms with van der Waals surface area (Å²) in [5.74, 6) is 3.39. The quantitative estimate of drug-likeness (QED) is 0.848. The van der Waals surface area contributed by atoms with E-state index in [-0.39, 0.29) is 6.61 Å². The molecule has 1 saturated heterocycles. The lowest BCUT2D eigenvalue weighted by atomic mass is 9.92. The van der Waals surface area contributed by atoms with Crippen molar-refractivity contribution in [3.8, 4) is 0 Å². The Morgan fingerprint density at radius 3 is 2.40 bits per heavy atom. The Balaban J connectivity index is 2.02. The zero-order valence-corrected chi connectivity index (χ0v) is 9.80. The molecule has 0 unspecified atom stereocenters. The number of aliphatic hydroxyl groups excluding tert-OH is 1. The summed E-state index contributed by atoms with van der Waals surface area (Å²) < 4.78 is 0. The Labute approximate surface area is 95.9 Å². The molecule has 0 radical (unpaired) electrons. The summed E-state index contributed by atoms with van der Waals surface area (Å²) in [5, 5.41) is 8.83. The van der Waals surface area contributed by atoms with Crippen LogP contribution < -0.4 is 0 Å². The lowest BCUT2D eigenvalue weighted by Crippen LogP contribution is -2.07. The number of hydrogen-bond acceptors (Lipinski definition) is 2. The van der Waals surface area contributed by atoms with Gasteiger partial charge in [-0.3, -0.25) is 0 Å². The third-order valence-corrected chi connectivity index (χ3v) is 4.12. The predicted octanol–water partition coefficient (Wildman–Crippen LogP) is 2.83. The average molecular weight is 222 g/mol. The molecular weight excluding hydrogens is 204 g/mol. The maximum atomic E-state index is 8.83.